The summed E-state index contributed by atoms with van der Waals surface area (Å²) in [4.78, 5) is 11.7. The topological polar surface area (TPSA) is 50.7 Å². The van der Waals surface area contributed by atoms with Gasteiger partial charge in [-0.05, 0) is 50.1 Å². The molecule has 0 aromatic heterocycles. The molecule has 0 saturated carbocycles. The summed E-state index contributed by atoms with van der Waals surface area (Å²) in [6.45, 7) is 5.97. The van der Waals surface area contributed by atoms with Crippen molar-refractivity contribution in [2.45, 2.75) is 20.8 Å². The van der Waals surface area contributed by atoms with Gasteiger partial charge in [0.05, 0.1) is 6.21 Å². The van der Waals surface area contributed by atoms with Crippen molar-refractivity contribution in [1.82, 2.24) is 5.43 Å². The summed E-state index contributed by atoms with van der Waals surface area (Å²) in [5.41, 5.74) is 6.91. The van der Waals surface area contributed by atoms with Crippen LogP contribution >= 0.6 is 11.6 Å². The van der Waals surface area contributed by atoms with E-state index in [0.717, 1.165) is 16.7 Å². The van der Waals surface area contributed by atoms with Crippen LogP contribution in [0.15, 0.2) is 41.5 Å². The highest BCUT2D eigenvalue weighted by molar-refractivity contribution is 6.30. The van der Waals surface area contributed by atoms with Crippen molar-refractivity contribution in [1.29, 1.82) is 0 Å². The van der Waals surface area contributed by atoms with Gasteiger partial charge in [0.15, 0.2) is 6.61 Å². The highest BCUT2D eigenvalue weighted by Gasteiger charge is 2.03. The molecular weight excluding hydrogens is 312 g/mol. The summed E-state index contributed by atoms with van der Waals surface area (Å²) in [5.74, 6) is 0.213. The molecule has 4 nitrogen and oxygen atoms in total. The molecule has 120 valence electrons. The predicted octanol–water partition coefficient (Wildman–Crippen LogP) is 3.79. The van der Waals surface area contributed by atoms with Crippen LogP contribution in [0.3, 0.4) is 0 Å². The second-order valence-electron chi connectivity index (χ2n) is 5.35. The minimum atomic E-state index is -0.330. The minimum absolute atomic E-state index is 0.121. The Bertz CT molecular complexity index is 719. The zero-order valence-corrected chi connectivity index (χ0v) is 14.1. The maximum Gasteiger partial charge on any atom is 0.277 e. The van der Waals surface area contributed by atoms with Gasteiger partial charge in [0, 0.05) is 10.6 Å². The van der Waals surface area contributed by atoms with Gasteiger partial charge >= 0.3 is 0 Å². The Morgan fingerprint density at radius 3 is 2.57 bits per heavy atom. The van der Waals surface area contributed by atoms with Crippen molar-refractivity contribution < 1.29 is 9.53 Å². The van der Waals surface area contributed by atoms with E-state index in [0.29, 0.717) is 10.8 Å². The highest BCUT2D eigenvalue weighted by atomic mass is 35.5. The molecule has 0 spiro atoms. The second-order valence-corrected chi connectivity index (χ2v) is 5.79. The molecular formula is C18H19ClN2O2. The van der Waals surface area contributed by atoms with E-state index in [1.807, 2.05) is 13.8 Å². The lowest BCUT2D eigenvalue weighted by atomic mass is 10.0. The van der Waals surface area contributed by atoms with Gasteiger partial charge < -0.3 is 4.74 Å². The van der Waals surface area contributed by atoms with Gasteiger partial charge in [-0.1, -0.05) is 35.4 Å². The van der Waals surface area contributed by atoms with Crippen LogP contribution in [-0.4, -0.2) is 18.7 Å². The molecule has 0 radical (unpaired) electrons. The fraction of sp³-hybridized carbons (Fsp3) is 0.222. The number of nitrogens with one attached hydrogen (secondary N) is 1. The Kier molecular flexibility index (Phi) is 5.77. The Balaban J connectivity index is 1.89. The summed E-state index contributed by atoms with van der Waals surface area (Å²) in [6.07, 6.45) is 1.65. The van der Waals surface area contributed by atoms with Crippen molar-refractivity contribution in [3.8, 4) is 5.75 Å². The average Bonchev–Trinajstić information content (AvgIpc) is 2.48. The van der Waals surface area contributed by atoms with Gasteiger partial charge in [0.1, 0.15) is 5.75 Å². The quantitative estimate of drug-likeness (QED) is 0.669. The highest BCUT2D eigenvalue weighted by Crippen LogP contribution is 2.17. The number of carbonyl (C=O) groups excluding carboxylic acids is 1. The number of ether oxygens (including phenoxy) is 1. The summed E-state index contributed by atoms with van der Waals surface area (Å²) in [7, 11) is 0. The zero-order valence-electron chi connectivity index (χ0n) is 13.4. The van der Waals surface area contributed by atoms with Gasteiger partial charge in [0.2, 0.25) is 0 Å². The van der Waals surface area contributed by atoms with E-state index < -0.39 is 0 Å². The lowest BCUT2D eigenvalue weighted by Crippen LogP contribution is -2.24. The molecule has 0 saturated heterocycles. The fourth-order valence-corrected chi connectivity index (χ4v) is 2.48. The molecule has 1 amide bonds. The Morgan fingerprint density at radius 1 is 1.22 bits per heavy atom. The van der Waals surface area contributed by atoms with Crippen LogP contribution in [0.5, 0.6) is 5.75 Å². The third-order valence-electron chi connectivity index (χ3n) is 3.29. The number of hydrogen-bond donors (Lipinski definition) is 1. The van der Waals surface area contributed by atoms with Gasteiger partial charge in [0.25, 0.3) is 5.91 Å². The van der Waals surface area contributed by atoms with Gasteiger partial charge in [-0.3, -0.25) is 4.79 Å². The average molecular weight is 331 g/mol. The molecule has 0 aliphatic heterocycles. The second kappa shape index (κ2) is 7.79. The third-order valence-corrected chi connectivity index (χ3v) is 3.52. The number of halogens is 1. The maximum atomic E-state index is 11.7. The Labute approximate surface area is 141 Å². The van der Waals surface area contributed by atoms with Crippen LogP contribution in [0.25, 0.3) is 0 Å². The molecule has 0 aliphatic carbocycles. The van der Waals surface area contributed by atoms with Crippen LogP contribution in [0, 0.1) is 20.8 Å². The smallest absolute Gasteiger partial charge is 0.277 e. The molecule has 2 rings (SSSR count). The lowest BCUT2D eigenvalue weighted by Gasteiger charge is -2.07. The molecule has 0 atom stereocenters. The van der Waals surface area contributed by atoms with E-state index >= 15 is 0 Å². The standard InChI is InChI=1S/C18H19ClN2O2/c1-12-7-13(2)17(14(3)8-12)10-20-21-18(22)11-23-16-6-4-5-15(19)9-16/h4-10H,11H2,1-3H3,(H,21,22)/b20-10-. The predicted molar refractivity (Wildman–Crippen MR) is 93.3 cm³/mol. The Morgan fingerprint density at radius 2 is 1.91 bits per heavy atom. The number of amides is 1. The number of aryl methyl sites for hydroxylation is 3. The molecule has 0 bridgehead atoms. The zero-order chi connectivity index (χ0) is 16.8. The molecule has 0 unspecified atom stereocenters. The van der Waals surface area contributed by atoms with Crippen LogP contribution in [0.1, 0.15) is 22.3 Å². The minimum Gasteiger partial charge on any atom is -0.484 e. The SMILES string of the molecule is Cc1cc(C)c(/C=N\NC(=O)COc2cccc(Cl)c2)c(C)c1. The molecule has 0 aliphatic rings. The number of nitrogens with zero attached hydrogens (tertiary/aromatic N) is 1. The van der Waals surface area contributed by atoms with Crippen LogP contribution in [0.4, 0.5) is 0 Å². The summed E-state index contributed by atoms with van der Waals surface area (Å²) in [5, 5.41) is 4.55. The Hall–Kier alpha value is -2.33. The number of hydrazone groups is 1. The van der Waals surface area contributed by atoms with Crippen molar-refractivity contribution in [2.24, 2.45) is 5.10 Å². The van der Waals surface area contributed by atoms with Crippen molar-refractivity contribution in [3.05, 3.63) is 63.7 Å². The summed E-state index contributed by atoms with van der Waals surface area (Å²) in [6, 6.07) is 11.1. The summed E-state index contributed by atoms with van der Waals surface area (Å²) >= 11 is 5.85. The van der Waals surface area contributed by atoms with Gasteiger partial charge in [-0.15, -0.1) is 0 Å². The summed E-state index contributed by atoms with van der Waals surface area (Å²) < 4.78 is 5.34. The van der Waals surface area contributed by atoms with E-state index in [9.17, 15) is 4.79 Å². The lowest BCUT2D eigenvalue weighted by molar-refractivity contribution is -0.123. The van der Waals surface area contributed by atoms with Crippen LogP contribution < -0.4 is 10.2 Å². The third kappa shape index (κ3) is 5.11. The van der Waals surface area contributed by atoms with Crippen molar-refractivity contribution in [2.75, 3.05) is 6.61 Å². The largest absolute Gasteiger partial charge is 0.484 e. The molecule has 5 heteroatoms. The molecule has 0 heterocycles. The number of rotatable bonds is 5. The van der Waals surface area contributed by atoms with E-state index in [4.69, 9.17) is 16.3 Å². The first-order valence-corrected chi connectivity index (χ1v) is 7.61. The molecule has 2 aromatic carbocycles. The van der Waals surface area contributed by atoms with Crippen molar-refractivity contribution >= 4 is 23.7 Å². The first-order chi connectivity index (χ1) is 11.0. The van der Waals surface area contributed by atoms with Gasteiger partial charge in [-0.2, -0.15) is 5.10 Å². The fourth-order valence-electron chi connectivity index (χ4n) is 2.30. The molecule has 0 fully saturated rings. The van der Waals surface area contributed by atoms with E-state index in [1.54, 1.807) is 30.5 Å². The van der Waals surface area contributed by atoms with Crippen LogP contribution in [0.2, 0.25) is 5.02 Å². The van der Waals surface area contributed by atoms with E-state index in [1.165, 1.54) is 5.56 Å². The number of hydrogen-bond acceptors (Lipinski definition) is 3. The van der Waals surface area contributed by atoms with Crippen LogP contribution in [-0.2, 0) is 4.79 Å². The van der Waals surface area contributed by atoms with Gasteiger partial charge in [-0.25, -0.2) is 5.43 Å². The van der Waals surface area contributed by atoms with E-state index in [-0.39, 0.29) is 12.5 Å². The normalized spacial score (nSPS) is 10.8. The monoisotopic (exact) mass is 330 g/mol. The molecule has 23 heavy (non-hydrogen) atoms. The number of carbonyl (C=O) groups is 1. The molecule has 1 N–H and O–H groups in total. The first kappa shape index (κ1) is 17.0. The maximum absolute atomic E-state index is 11.7. The number of benzene rings is 2. The first-order valence-electron chi connectivity index (χ1n) is 7.24. The molecule has 2 aromatic rings. The van der Waals surface area contributed by atoms with Crippen molar-refractivity contribution in [3.63, 3.8) is 0 Å². The van der Waals surface area contributed by atoms with E-state index in [2.05, 4.69) is 29.6 Å².